The molecule has 1 atom stereocenters. The van der Waals surface area contributed by atoms with E-state index in [0.29, 0.717) is 45.7 Å². The third-order valence-electron chi connectivity index (χ3n) is 5.36. The van der Waals surface area contributed by atoms with Crippen LogP contribution in [0.25, 0.3) is 0 Å². The number of hydrogen-bond donors (Lipinski definition) is 0. The van der Waals surface area contributed by atoms with E-state index >= 15 is 0 Å². The molecule has 0 saturated carbocycles. The average Bonchev–Trinajstić information content (AvgIpc) is 2.76. The summed E-state index contributed by atoms with van der Waals surface area (Å²) in [6.07, 6.45) is 1.36. The van der Waals surface area contributed by atoms with E-state index in [0.717, 1.165) is 6.29 Å². The number of rotatable bonds is 9. The number of carbonyl (C=O) groups is 4. The lowest BCUT2D eigenvalue weighted by Gasteiger charge is -2.33. The van der Waals surface area contributed by atoms with Crippen molar-refractivity contribution >= 4 is 24.2 Å². The van der Waals surface area contributed by atoms with Crippen LogP contribution in [0, 0.1) is 0 Å². The molecule has 0 aromatic rings. The lowest BCUT2D eigenvalue weighted by atomic mass is 10.1. The summed E-state index contributed by atoms with van der Waals surface area (Å²) in [6, 6.07) is -0.616. The van der Waals surface area contributed by atoms with E-state index in [4.69, 9.17) is 14.2 Å². The average molecular weight is 528 g/mol. The number of nitrogens with zero attached hydrogens (tertiary/aromatic N) is 3. The van der Waals surface area contributed by atoms with Gasteiger partial charge in [0.2, 0.25) is 0 Å². The van der Waals surface area contributed by atoms with E-state index in [1.807, 2.05) is 77.0 Å². The van der Waals surface area contributed by atoms with Crippen LogP contribution < -0.4 is 0 Å². The van der Waals surface area contributed by atoms with E-state index in [-0.39, 0.29) is 37.4 Å². The van der Waals surface area contributed by atoms with E-state index in [9.17, 15) is 19.2 Å². The van der Waals surface area contributed by atoms with Crippen LogP contribution in [-0.2, 0) is 33.4 Å². The quantitative estimate of drug-likeness (QED) is 0.252. The van der Waals surface area contributed by atoms with E-state index in [1.54, 1.807) is 0 Å². The second-order valence-corrected chi connectivity index (χ2v) is 12.6. The molecule has 0 aromatic heterocycles. The zero-order chi connectivity index (χ0) is 28.4. The fourth-order valence-corrected chi connectivity index (χ4v) is 3.94. The van der Waals surface area contributed by atoms with Crippen LogP contribution in [0.1, 0.15) is 75.2 Å². The summed E-state index contributed by atoms with van der Waals surface area (Å²) in [5, 5.41) is 0. The summed E-state index contributed by atoms with van der Waals surface area (Å²) >= 11 is 0. The molecule has 0 N–H and O–H groups in total. The summed E-state index contributed by atoms with van der Waals surface area (Å²) in [6.45, 7) is 19.7. The topological polar surface area (TPSA) is 106 Å². The van der Waals surface area contributed by atoms with Gasteiger partial charge < -0.3 is 19.0 Å². The van der Waals surface area contributed by atoms with Crippen molar-refractivity contribution in [3.8, 4) is 0 Å². The second kappa shape index (κ2) is 14.2. The van der Waals surface area contributed by atoms with Gasteiger partial charge in [0, 0.05) is 45.7 Å². The zero-order valence-electron chi connectivity index (χ0n) is 24.4. The molecule has 1 unspecified atom stereocenters. The summed E-state index contributed by atoms with van der Waals surface area (Å²) in [5.74, 6) is -1.05. The molecule has 0 spiro atoms. The Bertz CT molecular complexity index is 723. The highest BCUT2D eigenvalue weighted by Gasteiger charge is 2.32. The van der Waals surface area contributed by atoms with Gasteiger partial charge in [0.15, 0.2) is 0 Å². The maximum atomic E-state index is 13.1. The van der Waals surface area contributed by atoms with Gasteiger partial charge in [-0.1, -0.05) is 0 Å². The molecule has 1 saturated heterocycles. The third-order valence-corrected chi connectivity index (χ3v) is 5.36. The van der Waals surface area contributed by atoms with Crippen molar-refractivity contribution < 1.29 is 33.4 Å². The molecule has 1 aliphatic rings. The van der Waals surface area contributed by atoms with Gasteiger partial charge in [0.1, 0.15) is 29.1 Å². The minimum Gasteiger partial charge on any atom is -0.459 e. The predicted molar refractivity (Wildman–Crippen MR) is 141 cm³/mol. The summed E-state index contributed by atoms with van der Waals surface area (Å²) in [4.78, 5) is 55.4. The Labute approximate surface area is 222 Å². The molecule has 0 aromatic carbocycles. The molecule has 0 radical (unpaired) electrons. The van der Waals surface area contributed by atoms with Crippen molar-refractivity contribution in [2.75, 3.05) is 52.4 Å². The molecule has 214 valence electrons. The van der Waals surface area contributed by atoms with E-state index in [1.165, 1.54) is 0 Å². The Hall–Kier alpha value is -2.04. The summed E-state index contributed by atoms with van der Waals surface area (Å²) in [7, 11) is 0. The highest BCUT2D eigenvalue weighted by molar-refractivity contribution is 5.76. The molecule has 1 heterocycles. The smallest absolute Gasteiger partial charge is 0.323 e. The Morgan fingerprint density at radius 1 is 0.676 bits per heavy atom. The lowest BCUT2D eigenvalue weighted by molar-refractivity contribution is -0.163. The van der Waals surface area contributed by atoms with Crippen molar-refractivity contribution in [1.29, 1.82) is 0 Å². The largest absolute Gasteiger partial charge is 0.459 e. The molecule has 1 rings (SSSR count). The number of ether oxygens (including phenoxy) is 3. The Morgan fingerprint density at radius 2 is 1.05 bits per heavy atom. The van der Waals surface area contributed by atoms with Gasteiger partial charge in [-0.3, -0.25) is 29.1 Å². The molecule has 0 bridgehead atoms. The lowest BCUT2D eigenvalue weighted by Crippen LogP contribution is -2.49. The molecule has 10 nitrogen and oxygen atoms in total. The Kier molecular flexibility index (Phi) is 12.7. The van der Waals surface area contributed by atoms with E-state index < -0.39 is 22.8 Å². The van der Waals surface area contributed by atoms with Gasteiger partial charge in [-0.05, 0) is 68.7 Å². The minimum absolute atomic E-state index is 0.0941. The number of aldehydes is 1. The summed E-state index contributed by atoms with van der Waals surface area (Å²) < 4.78 is 16.7. The maximum absolute atomic E-state index is 13.1. The van der Waals surface area contributed by atoms with Crippen LogP contribution in [0.2, 0.25) is 0 Å². The molecule has 10 heteroatoms. The molecule has 1 aliphatic heterocycles. The van der Waals surface area contributed by atoms with Crippen LogP contribution in [0.15, 0.2) is 0 Å². The fraction of sp³-hybridized carbons (Fsp3) is 0.852. The number of hydrogen-bond acceptors (Lipinski definition) is 10. The van der Waals surface area contributed by atoms with Gasteiger partial charge in [0.05, 0.1) is 13.1 Å². The first-order valence-electron chi connectivity index (χ1n) is 13.2. The fourth-order valence-electron chi connectivity index (χ4n) is 3.94. The predicted octanol–water partition coefficient (Wildman–Crippen LogP) is 2.28. The normalized spacial score (nSPS) is 18.2. The van der Waals surface area contributed by atoms with Crippen molar-refractivity contribution in [3.63, 3.8) is 0 Å². The molecule has 0 amide bonds. The molecule has 37 heavy (non-hydrogen) atoms. The van der Waals surface area contributed by atoms with Gasteiger partial charge in [-0.15, -0.1) is 0 Å². The van der Waals surface area contributed by atoms with Crippen molar-refractivity contribution in [2.45, 2.75) is 98.0 Å². The van der Waals surface area contributed by atoms with Crippen molar-refractivity contribution in [2.24, 2.45) is 0 Å². The van der Waals surface area contributed by atoms with Crippen LogP contribution in [-0.4, -0.2) is 114 Å². The highest BCUT2D eigenvalue weighted by atomic mass is 16.6. The molecular formula is C27H49N3O7. The van der Waals surface area contributed by atoms with Gasteiger partial charge in [0.25, 0.3) is 0 Å². The van der Waals surface area contributed by atoms with Crippen LogP contribution in [0.3, 0.4) is 0 Å². The van der Waals surface area contributed by atoms with Crippen LogP contribution in [0.5, 0.6) is 0 Å². The van der Waals surface area contributed by atoms with Gasteiger partial charge in [-0.2, -0.15) is 0 Å². The zero-order valence-corrected chi connectivity index (χ0v) is 24.4. The molecular weight excluding hydrogens is 478 g/mol. The number of esters is 3. The van der Waals surface area contributed by atoms with Gasteiger partial charge >= 0.3 is 17.9 Å². The van der Waals surface area contributed by atoms with Crippen LogP contribution >= 0.6 is 0 Å². The first-order valence-corrected chi connectivity index (χ1v) is 13.2. The Morgan fingerprint density at radius 3 is 1.41 bits per heavy atom. The highest BCUT2D eigenvalue weighted by Crippen LogP contribution is 2.17. The van der Waals surface area contributed by atoms with Crippen molar-refractivity contribution in [1.82, 2.24) is 14.7 Å². The third kappa shape index (κ3) is 15.1. The first-order chi connectivity index (χ1) is 16.9. The Balaban J connectivity index is 3.14. The first kappa shape index (κ1) is 33.0. The molecule has 1 fully saturated rings. The monoisotopic (exact) mass is 527 g/mol. The summed E-state index contributed by atoms with van der Waals surface area (Å²) in [5.41, 5.74) is -1.86. The second-order valence-electron chi connectivity index (χ2n) is 12.6. The van der Waals surface area contributed by atoms with Crippen LogP contribution in [0.4, 0.5) is 0 Å². The number of carbonyl (C=O) groups excluding carboxylic acids is 4. The SMILES string of the molecule is CC(C)(C)OC(=O)CN1CCN(CC(=O)OC(C)(C)C)CCN(C(CCC=O)C(=O)OC(C)(C)C)CC1. The van der Waals surface area contributed by atoms with Crippen molar-refractivity contribution in [3.05, 3.63) is 0 Å². The maximum Gasteiger partial charge on any atom is 0.323 e. The van der Waals surface area contributed by atoms with E-state index in [2.05, 4.69) is 0 Å². The standard InChI is InChI=1S/C27H49N3O7/c1-25(2,3)35-22(32)19-28-12-13-29(20-23(33)36-26(4,5)6)15-17-30(16-14-28)21(11-10-18-31)24(34)37-27(7,8)9/h18,21H,10-17,19-20H2,1-9H3. The van der Waals surface area contributed by atoms with Gasteiger partial charge in [-0.25, -0.2) is 0 Å². The minimum atomic E-state index is -0.665. The molecule has 0 aliphatic carbocycles.